The molecule has 0 N–H and O–H groups in total. The highest BCUT2D eigenvalue weighted by molar-refractivity contribution is 6.39. The van der Waals surface area contributed by atoms with Crippen molar-refractivity contribution in [1.82, 2.24) is 9.13 Å². The fraction of sp³-hybridized carbons (Fsp3) is 0. The molecule has 2 heterocycles. The van der Waals surface area contributed by atoms with Crippen LogP contribution < -0.4 is 0 Å². The predicted octanol–water partition coefficient (Wildman–Crippen LogP) is 13.0. The first-order chi connectivity index (χ1) is 24.8. The minimum Gasteiger partial charge on any atom is -0.309 e. The summed E-state index contributed by atoms with van der Waals surface area (Å²) < 4.78 is 5.02. The second kappa shape index (κ2) is 10.4. The molecule has 0 aliphatic carbocycles. The van der Waals surface area contributed by atoms with Gasteiger partial charge in [0.25, 0.3) is 0 Å². The monoisotopic (exact) mass is 634 g/mol. The highest BCUT2D eigenvalue weighted by Gasteiger charge is 2.25. The van der Waals surface area contributed by atoms with Crippen molar-refractivity contribution in [3.8, 4) is 22.5 Å². The first-order valence-electron chi connectivity index (χ1n) is 17.3. The number of rotatable bonds is 3. The van der Waals surface area contributed by atoms with Gasteiger partial charge in [-0.1, -0.05) is 146 Å². The quantitative estimate of drug-likeness (QED) is 0.183. The molecule has 232 valence electrons. The minimum absolute atomic E-state index is 1.15. The van der Waals surface area contributed by atoms with E-state index in [-0.39, 0.29) is 0 Å². The van der Waals surface area contributed by atoms with Gasteiger partial charge in [0.1, 0.15) is 0 Å². The van der Waals surface area contributed by atoms with Crippen molar-refractivity contribution in [2.75, 3.05) is 0 Å². The van der Waals surface area contributed by atoms with Crippen LogP contribution in [0.25, 0.3) is 98.4 Å². The maximum Gasteiger partial charge on any atom is 0.0648 e. The van der Waals surface area contributed by atoms with E-state index in [2.05, 4.69) is 191 Å². The zero-order chi connectivity index (χ0) is 32.8. The van der Waals surface area contributed by atoms with Crippen LogP contribution in [-0.2, 0) is 0 Å². The maximum atomic E-state index is 2.54. The molecule has 0 aliphatic heterocycles. The van der Waals surface area contributed by atoms with E-state index in [1.54, 1.807) is 0 Å². The van der Waals surface area contributed by atoms with Crippen molar-refractivity contribution in [2.45, 2.75) is 0 Å². The smallest absolute Gasteiger partial charge is 0.0648 e. The van der Waals surface area contributed by atoms with Gasteiger partial charge in [0.05, 0.1) is 22.1 Å². The van der Waals surface area contributed by atoms with Gasteiger partial charge in [-0.3, -0.25) is 0 Å². The lowest BCUT2D eigenvalue weighted by atomic mass is 9.97. The molecular weight excluding hydrogens is 605 g/mol. The third-order valence-electron chi connectivity index (χ3n) is 10.6. The summed E-state index contributed by atoms with van der Waals surface area (Å²) in [7, 11) is 0. The van der Waals surface area contributed by atoms with Crippen LogP contribution in [-0.4, -0.2) is 9.13 Å². The van der Waals surface area contributed by atoms with Crippen molar-refractivity contribution in [2.24, 2.45) is 0 Å². The number of hydrogen-bond acceptors (Lipinski definition) is 0. The topological polar surface area (TPSA) is 9.86 Å². The highest BCUT2D eigenvalue weighted by atomic mass is 15.0. The second-order valence-electron chi connectivity index (χ2n) is 13.3. The molecule has 11 rings (SSSR count). The average Bonchev–Trinajstić information content (AvgIpc) is 3.72. The fourth-order valence-electron chi connectivity index (χ4n) is 8.49. The number of aromatic nitrogens is 2. The number of nitrogens with zero attached hydrogens (tertiary/aromatic N) is 2. The number of fused-ring (bicyclic) bond motifs is 13. The molecule has 0 aliphatic rings. The minimum atomic E-state index is 1.15. The largest absolute Gasteiger partial charge is 0.309 e. The van der Waals surface area contributed by atoms with Crippen LogP contribution >= 0.6 is 0 Å². The van der Waals surface area contributed by atoms with E-state index in [0.717, 1.165) is 5.69 Å². The summed E-state index contributed by atoms with van der Waals surface area (Å²) >= 11 is 0. The van der Waals surface area contributed by atoms with E-state index in [4.69, 9.17) is 0 Å². The molecule has 0 amide bonds. The molecule has 50 heavy (non-hydrogen) atoms. The lowest BCUT2D eigenvalue weighted by molar-refractivity contribution is 1.18. The van der Waals surface area contributed by atoms with Crippen molar-refractivity contribution in [3.63, 3.8) is 0 Å². The van der Waals surface area contributed by atoms with Crippen molar-refractivity contribution >= 4 is 75.9 Å². The molecule has 2 heteroatoms. The summed E-state index contributed by atoms with van der Waals surface area (Å²) in [6.07, 6.45) is 0. The molecule has 0 bridgehead atoms. The van der Waals surface area contributed by atoms with Crippen molar-refractivity contribution in [3.05, 3.63) is 182 Å². The van der Waals surface area contributed by atoms with Crippen LogP contribution in [0.4, 0.5) is 0 Å². The second-order valence-corrected chi connectivity index (χ2v) is 13.3. The molecule has 2 nitrogen and oxygen atoms in total. The van der Waals surface area contributed by atoms with Gasteiger partial charge in [-0.2, -0.15) is 0 Å². The summed E-state index contributed by atoms with van der Waals surface area (Å²) in [5.41, 5.74) is 9.65. The summed E-state index contributed by atoms with van der Waals surface area (Å²) in [6, 6.07) is 66.7. The summed E-state index contributed by atoms with van der Waals surface area (Å²) in [6.45, 7) is 0. The Bertz CT molecular complexity index is 3120. The number of benzene rings is 9. The Morgan fingerprint density at radius 3 is 1.68 bits per heavy atom. The SMILES string of the molecule is c1ccc(-c2ccc(-n3c4ccccc4c4c3c3ccccc3c3c5c6ccccc6ccc5n(-c5ccc6ccccc6c5)c34)cc2)cc1. The van der Waals surface area contributed by atoms with Crippen LogP contribution in [0.5, 0.6) is 0 Å². The fourth-order valence-corrected chi connectivity index (χ4v) is 8.49. The number of hydrogen-bond donors (Lipinski definition) is 0. The zero-order valence-electron chi connectivity index (χ0n) is 27.2. The van der Waals surface area contributed by atoms with Crippen LogP contribution in [0, 0.1) is 0 Å². The molecule has 0 atom stereocenters. The normalized spacial score (nSPS) is 12.0. The Morgan fingerprint density at radius 2 is 0.860 bits per heavy atom. The van der Waals surface area contributed by atoms with E-state index in [0.29, 0.717) is 0 Å². The van der Waals surface area contributed by atoms with E-state index >= 15 is 0 Å². The average molecular weight is 635 g/mol. The van der Waals surface area contributed by atoms with Crippen LogP contribution in [0.3, 0.4) is 0 Å². The van der Waals surface area contributed by atoms with Crippen LogP contribution in [0.15, 0.2) is 182 Å². The highest BCUT2D eigenvalue weighted by Crippen LogP contribution is 2.48. The zero-order valence-corrected chi connectivity index (χ0v) is 27.2. The molecule has 0 fully saturated rings. The molecule has 11 aromatic rings. The van der Waals surface area contributed by atoms with Crippen LogP contribution in [0.1, 0.15) is 0 Å². The Hall–Kier alpha value is -6.64. The molecule has 0 unspecified atom stereocenters. The first-order valence-corrected chi connectivity index (χ1v) is 17.3. The van der Waals surface area contributed by atoms with Gasteiger partial charge in [-0.15, -0.1) is 0 Å². The predicted molar refractivity (Wildman–Crippen MR) is 213 cm³/mol. The van der Waals surface area contributed by atoms with Crippen LogP contribution in [0.2, 0.25) is 0 Å². The van der Waals surface area contributed by atoms with Gasteiger partial charge in [-0.25, -0.2) is 0 Å². The molecule has 0 radical (unpaired) electrons. The van der Waals surface area contributed by atoms with Gasteiger partial charge in [0.15, 0.2) is 0 Å². The van der Waals surface area contributed by atoms with Crippen molar-refractivity contribution < 1.29 is 0 Å². The molecule has 9 aromatic carbocycles. The van der Waals surface area contributed by atoms with Crippen molar-refractivity contribution in [1.29, 1.82) is 0 Å². The lowest BCUT2D eigenvalue weighted by Crippen LogP contribution is -1.97. The summed E-state index contributed by atoms with van der Waals surface area (Å²) in [5, 5.41) is 12.7. The lowest BCUT2D eigenvalue weighted by Gasteiger charge is -2.14. The van der Waals surface area contributed by atoms with E-state index in [1.165, 1.54) is 92.7 Å². The molecule has 2 aromatic heterocycles. The number of para-hydroxylation sites is 1. The van der Waals surface area contributed by atoms with Gasteiger partial charge >= 0.3 is 0 Å². The Morgan fingerprint density at radius 1 is 0.280 bits per heavy atom. The molecular formula is C48H30N2. The summed E-state index contributed by atoms with van der Waals surface area (Å²) in [5.74, 6) is 0. The Labute approximate surface area is 288 Å². The Balaban J connectivity index is 1.37. The molecule has 0 saturated heterocycles. The standard InChI is InChI=1S/C48H30N2/c1-2-12-31(13-3-1)33-22-26-36(27-23-33)49-42-21-11-10-20-41(42)46-47(49)40-19-9-8-18-39(40)45-44-38-17-7-6-15-34(38)25-29-43(44)50(48(45)46)37-28-24-32-14-4-5-16-35(32)30-37/h1-30H. The maximum absolute atomic E-state index is 2.54. The molecule has 0 spiro atoms. The summed E-state index contributed by atoms with van der Waals surface area (Å²) in [4.78, 5) is 0. The van der Waals surface area contributed by atoms with Gasteiger partial charge < -0.3 is 9.13 Å². The van der Waals surface area contributed by atoms with E-state index < -0.39 is 0 Å². The molecule has 0 saturated carbocycles. The first kappa shape index (κ1) is 27.3. The Kier molecular flexibility index (Phi) is 5.70. The third-order valence-corrected chi connectivity index (χ3v) is 10.6. The van der Waals surface area contributed by atoms with E-state index in [9.17, 15) is 0 Å². The third kappa shape index (κ3) is 3.79. The van der Waals surface area contributed by atoms with Gasteiger partial charge in [-0.05, 0) is 74.5 Å². The van der Waals surface area contributed by atoms with E-state index in [1.807, 2.05) is 0 Å². The van der Waals surface area contributed by atoms with Gasteiger partial charge in [0.2, 0.25) is 0 Å². The van der Waals surface area contributed by atoms with Gasteiger partial charge in [0, 0.05) is 38.3 Å².